The first-order valence-corrected chi connectivity index (χ1v) is 7.42. The predicted octanol–water partition coefficient (Wildman–Crippen LogP) is 2.51. The van der Waals surface area contributed by atoms with E-state index in [-0.39, 0.29) is 24.3 Å². The van der Waals surface area contributed by atoms with E-state index in [0.717, 1.165) is 0 Å². The third kappa shape index (κ3) is 4.37. The van der Waals surface area contributed by atoms with Crippen LogP contribution in [0.3, 0.4) is 0 Å². The first-order chi connectivity index (χ1) is 14.8. The lowest BCUT2D eigenvalue weighted by Crippen LogP contribution is -2.10. The van der Waals surface area contributed by atoms with Crippen LogP contribution in [0.25, 0.3) is 0 Å². The number of rotatable bonds is 9. The lowest BCUT2D eigenvalue weighted by Gasteiger charge is -2.07. The van der Waals surface area contributed by atoms with Gasteiger partial charge in [0.05, 0.1) is 53.8 Å². The molecule has 0 aliphatic heterocycles. The monoisotopic (exact) mass is 456 g/mol. The van der Waals surface area contributed by atoms with Crippen molar-refractivity contribution in [3.05, 3.63) is 85.0 Å². The first-order valence-electron chi connectivity index (χ1n) is 7.42. The normalized spacial score (nSPS) is 10.1. The SMILES string of the molecule is O=[N+]([O-])c1cc([N+](=O)[O-])c(OOc2c([N+](=O)[O-])cc([N+](=O)[O-])cc2[N+](=O)[O-])c([N+](=O)[O-])c1. The maximum atomic E-state index is 11.2. The summed E-state index contributed by atoms with van der Waals surface area (Å²) in [5, 5.41) is 66.4. The quantitative estimate of drug-likeness (QED) is 0.297. The lowest BCUT2D eigenvalue weighted by atomic mass is 10.2. The van der Waals surface area contributed by atoms with Crippen molar-refractivity contribution in [1.82, 2.24) is 0 Å². The summed E-state index contributed by atoms with van der Waals surface area (Å²) in [5.74, 6) is -2.79. The minimum absolute atomic E-state index is 0.240. The van der Waals surface area contributed by atoms with E-state index in [1.54, 1.807) is 0 Å². The second kappa shape index (κ2) is 8.44. The summed E-state index contributed by atoms with van der Waals surface area (Å²) in [6.07, 6.45) is 0. The van der Waals surface area contributed by atoms with Crippen LogP contribution in [0.5, 0.6) is 11.5 Å². The smallest absolute Gasteiger partial charge is 0.274 e. The van der Waals surface area contributed by atoms with Crippen LogP contribution < -0.4 is 9.78 Å². The number of hydrogen-bond acceptors (Lipinski definition) is 14. The molecule has 0 heterocycles. The van der Waals surface area contributed by atoms with E-state index < -0.39 is 75.2 Å². The first kappa shape index (κ1) is 22.7. The Bertz CT molecular complexity index is 1050. The van der Waals surface area contributed by atoms with Crippen LogP contribution in [0.2, 0.25) is 0 Å². The van der Waals surface area contributed by atoms with Crippen LogP contribution in [0, 0.1) is 60.7 Å². The Balaban J connectivity index is 2.71. The lowest BCUT2D eigenvalue weighted by molar-refractivity contribution is -0.410. The van der Waals surface area contributed by atoms with Gasteiger partial charge in [0.15, 0.2) is 0 Å². The molecule has 2 aromatic rings. The van der Waals surface area contributed by atoms with E-state index in [4.69, 9.17) is 0 Å². The standard InChI is InChI=1S/C12H4N6O14/c19-13(20)5-1-7(15(23)24)11(8(2-5)16(25)26)31-32-12-9(17(27)28)3-6(14(21)22)4-10(12)18(29)30/h1-4H. The van der Waals surface area contributed by atoms with Gasteiger partial charge in [-0.2, -0.15) is 0 Å². The van der Waals surface area contributed by atoms with Gasteiger partial charge in [-0.25, -0.2) is 0 Å². The van der Waals surface area contributed by atoms with Gasteiger partial charge in [0, 0.05) is 0 Å². The molecule has 20 nitrogen and oxygen atoms in total. The zero-order valence-electron chi connectivity index (χ0n) is 14.7. The van der Waals surface area contributed by atoms with Crippen LogP contribution in [-0.4, -0.2) is 29.5 Å². The molecule has 0 aliphatic rings. The molecule has 20 heteroatoms. The largest absolute Gasteiger partial charge is 0.332 e. The average molecular weight is 456 g/mol. The summed E-state index contributed by atoms with van der Waals surface area (Å²) in [7, 11) is 0. The fraction of sp³-hybridized carbons (Fsp3) is 0. The van der Waals surface area contributed by atoms with E-state index in [1.165, 1.54) is 0 Å². The molecule has 2 aromatic carbocycles. The highest BCUT2D eigenvalue weighted by Crippen LogP contribution is 2.44. The summed E-state index contributed by atoms with van der Waals surface area (Å²) >= 11 is 0. The molecular formula is C12H4N6O14. The second-order valence-electron chi connectivity index (χ2n) is 5.34. The minimum Gasteiger partial charge on any atom is -0.274 e. The molecule has 0 aliphatic carbocycles. The highest BCUT2D eigenvalue weighted by atomic mass is 17.2. The van der Waals surface area contributed by atoms with Crippen LogP contribution >= 0.6 is 0 Å². The fourth-order valence-corrected chi connectivity index (χ4v) is 2.18. The van der Waals surface area contributed by atoms with Crippen LogP contribution in [-0.2, 0) is 0 Å². The third-order valence-corrected chi connectivity index (χ3v) is 3.49. The zero-order valence-corrected chi connectivity index (χ0v) is 14.7. The molecular weight excluding hydrogens is 452 g/mol. The van der Waals surface area contributed by atoms with Gasteiger partial charge in [0.1, 0.15) is 0 Å². The van der Waals surface area contributed by atoms with Gasteiger partial charge in [0.2, 0.25) is 0 Å². The van der Waals surface area contributed by atoms with Crippen molar-refractivity contribution in [3.8, 4) is 11.5 Å². The van der Waals surface area contributed by atoms with Crippen molar-refractivity contribution in [2.75, 3.05) is 0 Å². The zero-order chi connectivity index (χ0) is 24.3. The Morgan fingerprint density at radius 1 is 0.438 bits per heavy atom. The number of nitro groups is 6. The molecule has 0 radical (unpaired) electrons. The van der Waals surface area contributed by atoms with Crippen LogP contribution in [0.1, 0.15) is 0 Å². The maximum Gasteiger partial charge on any atom is 0.332 e. The molecule has 0 fully saturated rings. The molecule has 166 valence electrons. The van der Waals surface area contributed by atoms with E-state index >= 15 is 0 Å². The van der Waals surface area contributed by atoms with Gasteiger partial charge in [0.25, 0.3) is 11.4 Å². The number of nitro benzene ring substituents is 6. The highest BCUT2D eigenvalue weighted by Gasteiger charge is 2.37. The number of hydrogen-bond donors (Lipinski definition) is 0. The predicted molar refractivity (Wildman–Crippen MR) is 94.1 cm³/mol. The van der Waals surface area contributed by atoms with Gasteiger partial charge in [-0.15, -0.1) is 0 Å². The summed E-state index contributed by atoms with van der Waals surface area (Å²) in [5.41, 5.74) is -7.75. The Hall–Kier alpha value is -5.56. The Morgan fingerprint density at radius 2 is 0.656 bits per heavy atom. The molecule has 0 aromatic heterocycles. The number of non-ortho nitro benzene ring substituents is 2. The Kier molecular flexibility index (Phi) is 5.99. The molecule has 0 saturated carbocycles. The van der Waals surface area contributed by atoms with Crippen molar-refractivity contribution in [2.45, 2.75) is 0 Å². The van der Waals surface area contributed by atoms with E-state index in [2.05, 4.69) is 9.78 Å². The van der Waals surface area contributed by atoms with Crippen molar-refractivity contribution in [2.24, 2.45) is 0 Å². The topological polar surface area (TPSA) is 277 Å². The van der Waals surface area contributed by atoms with Crippen LogP contribution in [0.15, 0.2) is 24.3 Å². The van der Waals surface area contributed by atoms with Gasteiger partial charge in [-0.1, -0.05) is 0 Å². The van der Waals surface area contributed by atoms with E-state index in [0.29, 0.717) is 0 Å². The Labute approximate surface area is 171 Å². The van der Waals surface area contributed by atoms with E-state index in [1.807, 2.05) is 0 Å². The molecule has 32 heavy (non-hydrogen) atoms. The summed E-state index contributed by atoms with van der Waals surface area (Å²) in [6, 6.07) is 0.962. The number of benzene rings is 2. The molecule has 2 rings (SSSR count). The van der Waals surface area contributed by atoms with Gasteiger partial charge in [-0.3, -0.25) is 70.5 Å². The maximum absolute atomic E-state index is 11.2. The van der Waals surface area contributed by atoms with Crippen molar-refractivity contribution < 1.29 is 39.3 Å². The molecule has 0 amide bonds. The molecule has 0 saturated heterocycles. The summed E-state index contributed by atoms with van der Waals surface area (Å²) in [4.78, 5) is 67.5. The van der Waals surface area contributed by atoms with Crippen molar-refractivity contribution in [3.63, 3.8) is 0 Å². The third-order valence-electron chi connectivity index (χ3n) is 3.49. The van der Waals surface area contributed by atoms with Crippen molar-refractivity contribution in [1.29, 1.82) is 0 Å². The molecule has 0 atom stereocenters. The molecule has 0 spiro atoms. The van der Waals surface area contributed by atoms with Gasteiger partial charge < -0.3 is 0 Å². The molecule has 0 unspecified atom stereocenters. The highest BCUT2D eigenvalue weighted by molar-refractivity contribution is 5.67. The Morgan fingerprint density at radius 3 is 0.812 bits per heavy atom. The second-order valence-corrected chi connectivity index (χ2v) is 5.34. The molecule has 0 bridgehead atoms. The van der Waals surface area contributed by atoms with Gasteiger partial charge >= 0.3 is 34.2 Å². The fourth-order valence-electron chi connectivity index (χ4n) is 2.18. The van der Waals surface area contributed by atoms with E-state index in [9.17, 15) is 60.7 Å². The molecule has 0 N–H and O–H groups in total. The summed E-state index contributed by atoms with van der Waals surface area (Å²) in [6.45, 7) is 0. The average Bonchev–Trinajstić information content (AvgIpc) is 2.70. The minimum atomic E-state index is -1.40. The van der Waals surface area contributed by atoms with Crippen LogP contribution in [0.4, 0.5) is 34.1 Å². The van der Waals surface area contributed by atoms with Crippen molar-refractivity contribution >= 4 is 34.1 Å². The van der Waals surface area contributed by atoms with Gasteiger partial charge in [-0.05, 0) is 0 Å². The summed E-state index contributed by atoms with van der Waals surface area (Å²) < 4.78 is 0. The number of nitrogens with zero attached hydrogens (tertiary/aromatic N) is 6.